The van der Waals surface area contributed by atoms with Gasteiger partial charge in [-0.15, -0.1) is 0 Å². The molecule has 23 heavy (non-hydrogen) atoms. The molecule has 0 N–H and O–H groups in total. The minimum Gasteiger partial charge on any atom is -0.0592 e. The molecule has 0 aliphatic heterocycles. The maximum absolute atomic E-state index is 2.85. The molecule has 9 saturated carbocycles. The van der Waals surface area contributed by atoms with Crippen molar-refractivity contribution in [1.29, 1.82) is 0 Å². The zero-order chi connectivity index (χ0) is 14.8. The fourth-order valence-corrected chi connectivity index (χ4v) is 14.3. The van der Waals surface area contributed by atoms with Gasteiger partial charge in [-0.05, 0) is 119 Å². The van der Waals surface area contributed by atoms with Gasteiger partial charge >= 0.3 is 0 Å². The van der Waals surface area contributed by atoms with E-state index in [2.05, 4.69) is 14.8 Å². The monoisotopic (exact) mass is 304 g/mol. The predicted octanol–water partition coefficient (Wildman–Crippen LogP) is 3.92. The Labute approximate surface area is 141 Å². The van der Waals surface area contributed by atoms with Crippen LogP contribution >= 0.6 is 0 Å². The second kappa shape index (κ2) is 2.54. The molecule has 3 bridgehead atoms. The van der Waals surface area contributed by atoms with Crippen molar-refractivity contribution in [3.8, 4) is 0 Å². The van der Waals surface area contributed by atoms with E-state index in [4.69, 9.17) is 0 Å². The zero-order valence-corrected chi connectivity index (χ0v) is 14.8. The van der Waals surface area contributed by atoms with E-state index in [9.17, 15) is 0 Å². The largest absolute Gasteiger partial charge is 0.110 e. The minimum absolute atomic E-state index is 0.762. The standard InChI is InChI=1S/C22H29B/c1-18-5-11-6-19-9-20-8-15-14-4-13(20)3-12(19)2-10(11)7-21(18,23)16(14)22(15,18)17(19)20/h10-17H,2-9,23H2,1H3/t10?,11?,12?,13?,14?,15?,16?,17-,18?,19-,20+,21?,22-/m0/s1. The van der Waals surface area contributed by atoms with E-state index < -0.39 is 0 Å². The normalized spacial score (nSPS) is 87.9. The summed E-state index contributed by atoms with van der Waals surface area (Å²) in [5.74, 6) is 9.50. The van der Waals surface area contributed by atoms with Crippen molar-refractivity contribution in [3.05, 3.63) is 0 Å². The van der Waals surface area contributed by atoms with Gasteiger partial charge in [-0.1, -0.05) is 13.3 Å². The van der Waals surface area contributed by atoms with E-state index in [0.717, 1.165) is 38.8 Å². The molecule has 0 aromatic heterocycles. The molecule has 9 aliphatic rings. The third-order valence-corrected chi connectivity index (χ3v) is 13.9. The lowest BCUT2D eigenvalue weighted by Crippen LogP contribution is -2.82. The molecule has 9 rings (SSSR count). The van der Waals surface area contributed by atoms with Crippen LogP contribution in [0.4, 0.5) is 0 Å². The second-order valence-corrected chi connectivity index (χ2v) is 12.9. The lowest BCUT2D eigenvalue weighted by atomic mass is 9.12. The Bertz CT molecular complexity index is 744. The molecule has 0 amide bonds. The van der Waals surface area contributed by atoms with E-state index in [1.807, 2.05) is 0 Å². The van der Waals surface area contributed by atoms with Gasteiger partial charge in [0.05, 0.1) is 0 Å². The molecule has 0 aromatic rings. The molecule has 0 saturated heterocycles. The molecule has 0 radical (unpaired) electrons. The lowest BCUT2D eigenvalue weighted by Gasteiger charge is -2.88. The van der Waals surface area contributed by atoms with Crippen molar-refractivity contribution in [2.45, 2.75) is 63.6 Å². The van der Waals surface area contributed by atoms with Crippen LogP contribution in [0.2, 0.25) is 5.31 Å². The third kappa shape index (κ3) is 0.659. The van der Waals surface area contributed by atoms with Crippen molar-refractivity contribution in [3.63, 3.8) is 0 Å². The van der Waals surface area contributed by atoms with Crippen molar-refractivity contribution in [2.24, 2.45) is 69.0 Å². The van der Waals surface area contributed by atoms with Gasteiger partial charge in [0, 0.05) is 0 Å². The van der Waals surface area contributed by atoms with Crippen LogP contribution in [0, 0.1) is 69.0 Å². The molecule has 120 valence electrons. The summed E-state index contributed by atoms with van der Waals surface area (Å²) in [4.78, 5) is 0. The van der Waals surface area contributed by atoms with Crippen LogP contribution in [-0.2, 0) is 0 Å². The molecule has 13 atom stereocenters. The van der Waals surface area contributed by atoms with Crippen LogP contribution in [0.5, 0.6) is 0 Å². The van der Waals surface area contributed by atoms with Gasteiger partial charge in [-0.3, -0.25) is 0 Å². The molecule has 1 heteroatoms. The molecular formula is C22H29B. The molecule has 9 unspecified atom stereocenters. The summed E-state index contributed by atoms with van der Waals surface area (Å²) in [5, 5.41) is 0.762. The van der Waals surface area contributed by atoms with Crippen LogP contribution in [0.25, 0.3) is 0 Å². The maximum atomic E-state index is 2.85. The highest BCUT2D eigenvalue weighted by Gasteiger charge is 2.99. The summed E-state index contributed by atoms with van der Waals surface area (Å²) < 4.78 is 0. The fourth-order valence-electron chi connectivity index (χ4n) is 14.3. The van der Waals surface area contributed by atoms with Gasteiger partial charge in [0.2, 0.25) is 0 Å². The summed E-state index contributed by atoms with van der Waals surface area (Å²) >= 11 is 0. The van der Waals surface area contributed by atoms with Crippen molar-refractivity contribution in [2.75, 3.05) is 0 Å². The Kier molecular flexibility index (Phi) is 1.29. The van der Waals surface area contributed by atoms with Crippen LogP contribution in [0.15, 0.2) is 0 Å². The van der Waals surface area contributed by atoms with Gasteiger partial charge in [0.25, 0.3) is 0 Å². The topological polar surface area (TPSA) is 0 Å². The molecular weight excluding hydrogens is 275 g/mol. The first-order chi connectivity index (χ1) is 11.0. The average molecular weight is 304 g/mol. The van der Waals surface area contributed by atoms with Crippen molar-refractivity contribution in [1.82, 2.24) is 0 Å². The summed E-state index contributed by atoms with van der Waals surface area (Å²) in [7, 11) is 2.81. The van der Waals surface area contributed by atoms with Gasteiger partial charge in [-0.2, -0.15) is 0 Å². The molecule has 0 aromatic carbocycles. The van der Waals surface area contributed by atoms with Crippen LogP contribution in [-0.4, -0.2) is 7.85 Å². The summed E-state index contributed by atoms with van der Waals surface area (Å²) in [6.07, 6.45) is 13.5. The van der Waals surface area contributed by atoms with Crippen molar-refractivity contribution >= 4 is 7.85 Å². The fraction of sp³-hybridized carbons (Fsp3) is 1.00. The van der Waals surface area contributed by atoms with Gasteiger partial charge < -0.3 is 0 Å². The highest BCUT2D eigenvalue weighted by molar-refractivity contribution is 6.17. The van der Waals surface area contributed by atoms with Gasteiger partial charge in [-0.25, -0.2) is 0 Å². The van der Waals surface area contributed by atoms with Crippen molar-refractivity contribution < 1.29 is 0 Å². The molecule has 0 heterocycles. The van der Waals surface area contributed by atoms with E-state index in [-0.39, 0.29) is 0 Å². The highest BCUT2D eigenvalue weighted by Crippen LogP contribution is 3.06. The number of fused-ring (bicyclic) bond motifs is 4. The Hall–Kier alpha value is 0.0649. The second-order valence-electron chi connectivity index (χ2n) is 12.9. The quantitative estimate of drug-likeness (QED) is 0.595. The van der Waals surface area contributed by atoms with E-state index >= 15 is 0 Å². The Morgan fingerprint density at radius 3 is 2.61 bits per heavy atom. The van der Waals surface area contributed by atoms with Gasteiger partial charge in [0.15, 0.2) is 0 Å². The SMILES string of the molecule is BC12CC3CC4CC5CC6C7C[C@@]58C[C@@]45CC3CC1(C)[C@@]7(C62)[C@@H]58. The number of hydrogen-bond donors (Lipinski definition) is 0. The van der Waals surface area contributed by atoms with Crippen LogP contribution in [0.1, 0.15) is 58.3 Å². The molecule has 3 spiro atoms. The molecule has 9 aliphatic carbocycles. The Morgan fingerprint density at radius 2 is 1.70 bits per heavy atom. The Morgan fingerprint density at radius 1 is 0.870 bits per heavy atom. The van der Waals surface area contributed by atoms with E-state index in [1.54, 1.807) is 51.4 Å². The first-order valence-corrected chi connectivity index (χ1v) is 11.0. The Balaban J connectivity index is 1.47. The molecule has 9 fully saturated rings. The summed E-state index contributed by atoms with van der Waals surface area (Å²) in [6, 6.07) is 0. The highest BCUT2D eigenvalue weighted by atomic mass is 15.0. The summed E-state index contributed by atoms with van der Waals surface area (Å²) in [6.45, 7) is 2.85. The molecule has 0 nitrogen and oxygen atoms in total. The zero-order valence-electron chi connectivity index (χ0n) is 14.8. The average Bonchev–Trinajstić information content (AvgIpc) is 2.62. The predicted molar refractivity (Wildman–Crippen MR) is 91.5 cm³/mol. The lowest BCUT2D eigenvalue weighted by molar-refractivity contribution is -0.360. The smallest absolute Gasteiger partial charge is 0.0592 e. The third-order valence-electron chi connectivity index (χ3n) is 13.9. The number of hydrogen-bond acceptors (Lipinski definition) is 0. The first-order valence-electron chi connectivity index (χ1n) is 11.0. The first kappa shape index (κ1) is 11.6. The van der Waals surface area contributed by atoms with Crippen LogP contribution in [0.3, 0.4) is 0 Å². The maximum Gasteiger partial charge on any atom is 0.110 e. The number of rotatable bonds is 0. The minimum atomic E-state index is 0.762. The van der Waals surface area contributed by atoms with Crippen LogP contribution < -0.4 is 0 Å². The van der Waals surface area contributed by atoms with Gasteiger partial charge in [0.1, 0.15) is 7.85 Å². The van der Waals surface area contributed by atoms with E-state index in [0.29, 0.717) is 0 Å². The summed E-state index contributed by atoms with van der Waals surface area (Å²) in [5.41, 5.74) is 3.45. The van der Waals surface area contributed by atoms with E-state index in [1.165, 1.54) is 35.5 Å².